The number of ether oxygens (including phenoxy) is 1. The highest BCUT2D eigenvalue weighted by atomic mass is 19.1. The van der Waals surface area contributed by atoms with Crippen molar-refractivity contribution in [3.8, 4) is 5.75 Å². The van der Waals surface area contributed by atoms with E-state index in [1.807, 2.05) is 0 Å². The molecule has 0 amide bonds. The Bertz CT molecular complexity index is 427. The molecule has 0 saturated carbocycles. The van der Waals surface area contributed by atoms with Crippen LogP contribution in [0.4, 0.5) is 4.39 Å². The highest BCUT2D eigenvalue weighted by Gasteiger charge is 2.14. The van der Waals surface area contributed by atoms with Gasteiger partial charge in [-0.2, -0.15) is 0 Å². The molecule has 4 heteroatoms. The van der Waals surface area contributed by atoms with Crippen molar-refractivity contribution in [2.75, 3.05) is 20.2 Å². The Hall–Kier alpha value is -1.13. The third-order valence-electron chi connectivity index (χ3n) is 3.82. The minimum Gasteiger partial charge on any atom is -0.494 e. The average Bonchev–Trinajstić information content (AvgIpc) is 2.42. The molecule has 0 aliphatic carbocycles. The molecule has 120 valence electrons. The third kappa shape index (κ3) is 5.29. The zero-order valence-electron chi connectivity index (χ0n) is 14.1. The monoisotopic (exact) mass is 296 g/mol. The van der Waals surface area contributed by atoms with Crippen molar-refractivity contribution in [1.82, 2.24) is 10.2 Å². The molecule has 21 heavy (non-hydrogen) atoms. The Morgan fingerprint density at radius 2 is 1.76 bits per heavy atom. The van der Waals surface area contributed by atoms with Crippen molar-refractivity contribution in [1.29, 1.82) is 0 Å². The van der Waals surface area contributed by atoms with Crippen LogP contribution in [0.2, 0.25) is 0 Å². The summed E-state index contributed by atoms with van der Waals surface area (Å²) in [6, 6.07) is 6.26. The molecule has 1 aromatic carbocycles. The molecule has 3 nitrogen and oxygen atoms in total. The first-order valence-electron chi connectivity index (χ1n) is 7.69. The van der Waals surface area contributed by atoms with Crippen molar-refractivity contribution < 1.29 is 9.13 Å². The van der Waals surface area contributed by atoms with E-state index in [-0.39, 0.29) is 11.9 Å². The molecule has 0 spiro atoms. The summed E-state index contributed by atoms with van der Waals surface area (Å²) in [5.41, 5.74) is 1.04. The molecule has 0 aliphatic heterocycles. The molecule has 0 bridgehead atoms. The Kier molecular flexibility index (Phi) is 7.12. The number of benzene rings is 1. The predicted molar refractivity (Wildman–Crippen MR) is 86.3 cm³/mol. The lowest BCUT2D eigenvalue weighted by Gasteiger charge is -2.31. The van der Waals surface area contributed by atoms with E-state index in [2.05, 4.69) is 44.8 Å². The van der Waals surface area contributed by atoms with Crippen LogP contribution in [0.3, 0.4) is 0 Å². The molecule has 0 heterocycles. The Morgan fingerprint density at radius 1 is 1.14 bits per heavy atom. The topological polar surface area (TPSA) is 24.5 Å². The van der Waals surface area contributed by atoms with Gasteiger partial charge in [-0.3, -0.25) is 4.90 Å². The number of hydrogen-bond donors (Lipinski definition) is 1. The van der Waals surface area contributed by atoms with Crippen molar-refractivity contribution >= 4 is 0 Å². The molecule has 0 aliphatic rings. The van der Waals surface area contributed by atoms with Gasteiger partial charge in [-0.15, -0.1) is 0 Å². The van der Waals surface area contributed by atoms with Gasteiger partial charge in [0.2, 0.25) is 0 Å². The Labute approximate surface area is 128 Å². The van der Waals surface area contributed by atoms with Crippen molar-refractivity contribution in [3.63, 3.8) is 0 Å². The first kappa shape index (κ1) is 17.9. The number of halogens is 1. The highest BCUT2D eigenvalue weighted by molar-refractivity contribution is 5.31. The molecule has 1 N–H and O–H groups in total. The fourth-order valence-corrected chi connectivity index (χ4v) is 2.59. The standard InChI is InChI=1S/C17H29FN2O/c1-12(2)20(13(3)4)10-9-19-14(5)15-7-8-16(18)17(11-15)21-6/h7-8,11-14,19H,9-10H2,1-6H3. The normalized spacial score (nSPS) is 13.2. The first-order chi connectivity index (χ1) is 9.86. The minimum absolute atomic E-state index is 0.167. The summed E-state index contributed by atoms with van der Waals surface area (Å²) in [4.78, 5) is 2.45. The molecule has 1 aromatic rings. The van der Waals surface area contributed by atoms with Crippen LogP contribution in [-0.2, 0) is 0 Å². The van der Waals surface area contributed by atoms with Gasteiger partial charge in [-0.05, 0) is 52.3 Å². The van der Waals surface area contributed by atoms with Crippen LogP contribution in [0, 0.1) is 5.82 Å². The zero-order chi connectivity index (χ0) is 16.0. The molecule has 1 unspecified atom stereocenters. The van der Waals surface area contributed by atoms with E-state index in [9.17, 15) is 4.39 Å². The summed E-state index contributed by atoms with van der Waals surface area (Å²) < 4.78 is 18.4. The van der Waals surface area contributed by atoms with E-state index in [4.69, 9.17) is 4.74 Å². The lowest BCUT2D eigenvalue weighted by atomic mass is 10.1. The molecular formula is C17H29FN2O. The van der Waals surface area contributed by atoms with Crippen molar-refractivity contribution in [3.05, 3.63) is 29.6 Å². The van der Waals surface area contributed by atoms with Crippen LogP contribution >= 0.6 is 0 Å². The average molecular weight is 296 g/mol. The van der Waals surface area contributed by atoms with Gasteiger partial charge in [0.05, 0.1) is 7.11 Å². The lowest BCUT2D eigenvalue weighted by molar-refractivity contribution is 0.174. The van der Waals surface area contributed by atoms with Crippen molar-refractivity contribution in [2.45, 2.75) is 52.7 Å². The maximum Gasteiger partial charge on any atom is 0.165 e. The minimum atomic E-state index is -0.320. The summed E-state index contributed by atoms with van der Waals surface area (Å²) in [5, 5.41) is 3.49. The third-order valence-corrected chi connectivity index (χ3v) is 3.82. The van der Waals surface area contributed by atoms with E-state index in [0.717, 1.165) is 18.7 Å². The molecule has 1 atom stereocenters. The number of rotatable bonds is 8. The number of hydrogen-bond acceptors (Lipinski definition) is 3. The second kappa shape index (κ2) is 8.35. The maximum atomic E-state index is 13.4. The Balaban J connectivity index is 2.55. The number of nitrogens with one attached hydrogen (secondary N) is 1. The van der Waals surface area contributed by atoms with E-state index < -0.39 is 0 Å². The smallest absolute Gasteiger partial charge is 0.165 e. The van der Waals surface area contributed by atoms with Gasteiger partial charge in [-0.1, -0.05) is 6.07 Å². The largest absolute Gasteiger partial charge is 0.494 e. The molecule has 0 radical (unpaired) electrons. The van der Waals surface area contributed by atoms with Crippen LogP contribution in [0.1, 0.15) is 46.2 Å². The summed E-state index contributed by atoms with van der Waals surface area (Å²) in [5.74, 6) is -0.0219. The van der Waals surface area contributed by atoms with E-state index >= 15 is 0 Å². The van der Waals surface area contributed by atoms with Gasteiger partial charge in [0, 0.05) is 31.2 Å². The fourth-order valence-electron chi connectivity index (χ4n) is 2.59. The van der Waals surface area contributed by atoms with Gasteiger partial charge >= 0.3 is 0 Å². The van der Waals surface area contributed by atoms with E-state index in [1.54, 1.807) is 12.1 Å². The van der Waals surface area contributed by atoms with Crippen molar-refractivity contribution in [2.24, 2.45) is 0 Å². The zero-order valence-corrected chi connectivity index (χ0v) is 14.1. The lowest BCUT2D eigenvalue weighted by Crippen LogP contribution is -2.41. The molecule has 0 aromatic heterocycles. The molecule has 1 rings (SSSR count). The van der Waals surface area contributed by atoms with Crippen LogP contribution in [0.5, 0.6) is 5.75 Å². The van der Waals surface area contributed by atoms with Gasteiger partial charge < -0.3 is 10.1 Å². The predicted octanol–water partition coefficient (Wildman–Crippen LogP) is 3.60. The van der Waals surface area contributed by atoms with Gasteiger partial charge in [0.1, 0.15) is 0 Å². The summed E-state index contributed by atoms with van der Waals surface area (Å²) in [6.45, 7) is 12.8. The quantitative estimate of drug-likeness (QED) is 0.793. The number of methoxy groups -OCH3 is 1. The highest BCUT2D eigenvalue weighted by Crippen LogP contribution is 2.22. The Morgan fingerprint density at radius 3 is 2.29 bits per heavy atom. The second-order valence-electron chi connectivity index (χ2n) is 6.00. The second-order valence-corrected chi connectivity index (χ2v) is 6.00. The van der Waals surface area contributed by atoms with Crippen LogP contribution < -0.4 is 10.1 Å². The fraction of sp³-hybridized carbons (Fsp3) is 0.647. The van der Waals surface area contributed by atoms with Gasteiger partial charge in [0.25, 0.3) is 0 Å². The first-order valence-corrected chi connectivity index (χ1v) is 7.69. The van der Waals surface area contributed by atoms with E-state index in [1.165, 1.54) is 13.2 Å². The van der Waals surface area contributed by atoms with Gasteiger partial charge in [0.15, 0.2) is 11.6 Å². The van der Waals surface area contributed by atoms with Gasteiger partial charge in [-0.25, -0.2) is 4.39 Å². The van der Waals surface area contributed by atoms with Crippen LogP contribution in [0.25, 0.3) is 0 Å². The van der Waals surface area contributed by atoms with Crippen LogP contribution in [0.15, 0.2) is 18.2 Å². The molecular weight excluding hydrogens is 267 g/mol. The molecule has 0 saturated heterocycles. The van der Waals surface area contributed by atoms with Crippen LogP contribution in [-0.4, -0.2) is 37.2 Å². The summed E-state index contributed by atoms with van der Waals surface area (Å²) in [6.07, 6.45) is 0. The maximum absolute atomic E-state index is 13.4. The summed E-state index contributed by atoms with van der Waals surface area (Å²) >= 11 is 0. The van der Waals surface area contributed by atoms with E-state index in [0.29, 0.717) is 17.8 Å². The molecule has 0 fully saturated rings. The number of nitrogens with zero attached hydrogens (tertiary/aromatic N) is 1. The summed E-state index contributed by atoms with van der Waals surface area (Å²) in [7, 11) is 1.49. The SMILES string of the molecule is COc1cc(C(C)NCCN(C(C)C)C(C)C)ccc1F.